The molecule has 0 aromatic rings. The van der Waals surface area contributed by atoms with Crippen LogP contribution in [-0.4, -0.2) is 31.7 Å². The third-order valence-corrected chi connectivity index (χ3v) is 1.66. The molecule has 0 radical (unpaired) electrons. The van der Waals surface area contributed by atoms with Crippen LogP contribution < -0.4 is 0 Å². The topological polar surface area (TPSA) is 27.7 Å². The maximum atomic E-state index is 5.57. The van der Waals surface area contributed by atoms with Gasteiger partial charge in [0.2, 0.25) is 0 Å². The Labute approximate surface area is 74.0 Å². The summed E-state index contributed by atoms with van der Waals surface area (Å²) < 4.78 is 16.4. The predicted octanol–water partition coefficient (Wildman–Crippen LogP) is 1.56. The normalized spacial score (nSPS) is 32.0. The molecule has 0 spiro atoms. The van der Waals surface area contributed by atoms with Gasteiger partial charge in [-0.25, -0.2) is 0 Å². The molecule has 0 aromatic heterocycles. The van der Waals surface area contributed by atoms with E-state index in [1.807, 2.05) is 20.8 Å². The Morgan fingerprint density at radius 3 is 2.83 bits per heavy atom. The molecular weight excluding hydrogens is 156 g/mol. The van der Waals surface area contributed by atoms with Gasteiger partial charge in [0.15, 0.2) is 6.29 Å². The minimum absolute atomic E-state index is 0.0810. The molecule has 1 fully saturated rings. The van der Waals surface area contributed by atoms with Crippen LogP contribution in [0.4, 0.5) is 0 Å². The Morgan fingerprint density at radius 2 is 2.17 bits per heavy atom. The van der Waals surface area contributed by atoms with E-state index in [1.165, 1.54) is 0 Å². The van der Waals surface area contributed by atoms with Gasteiger partial charge in [0.25, 0.3) is 0 Å². The number of hydrogen-bond acceptors (Lipinski definition) is 3. The Kier molecular flexibility index (Phi) is 3.98. The van der Waals surface area contributed by atoms with Gasteiger partial charge < -0.3 is 14.2 Å². The fraction of sp³-hybridized carbons (Fsp3) is 1.00. The van der Waals surface area contributed by atoms with Gasteiger partial charge >= 0.3 is 0 Å². The van der Waals surface area contributed by atoms with Crippen molar-refractivity contribution in [1.29, 1.82) is 0 Å². The molecule has 1 aliphatic heterocycles. The second-order valence-electron chi connectivity index (χ2n) is 3.42. The fourth-order valence-electron chi connectivity index (χ4n) is 1.20. The first-order chi connectivity index (χ1) is 5.68. The second kappa shape index (κ2) is 4.80. The molecule has 1 saturated heterocycles. The van der Waals surface area contributed by atoms with E-state index in [0.717, 1.165) is 13.0 Å². The summed E-state index contributed by atoms with van der Waals surface area (Å²) in [7, 11) is 0. The van der Waals surface area contributed by atoms with Crippen LogP contribution in [0.5, 0.6) is 0 Å². The highest BCUT2D eigenvalue weighted by Gasteiger charge is 2.18. The van der Waals surface area contributed by atoms with Crippen LogP contribution in [-0.2, 0) is 14.2 Å². The van der Waals surface area contributed by atoms with E-state index in [0.29, 0.717) is 6.61 Å². The molecule has 3 nitrogen and oxygen atoms in total. The van der Waals surface area contributed by atoms with Crippen molar-refractivity contribution < 1.29 is 14.2 Å². The van der Waals surface area contributed by atoms with Crippen molar-refractivity contribution in [2.45, 2.75) is 45.7 Å². The van der Waals surface area contributed by atoms with Gasteiger partial charge in [-0.15, -0.1) is 0 Å². The average Bonchev–Trinajstić information content (AvgIpc) is 2.12. The zero-order valence-electron chi connectivity index (χ0n) is 8.08. The molecule has 1 rings (SSSR count). The maximum absolute atomic E-state index is 5.57. The smallest absolute Gasteiger partial charge is 0.160 e. The van der Waals surface area contributed by atoms with E-state index >= 15 is 0 Å². The minimum Gasteiger partial charge on any atom is -0.379 e. The van der Waals surface area contributed by atoms with Gasteiger partial charge in [0.05, 0.1) is 25.4 Å². The SMILES string of the molecule is CC(C)O[C@@H]1CCOC[C@@H](C)O1. The Balaban J connectivity index is 2.31. The highest BCUT2D eigenvalue weighted by Crippen LogP contribution is 2.12. The Morgan fingerprint density at radius 1 is 1.42 bits per heavy atom. The van der Waals surface area contributed by atoms with Crippen molar-refractivity contribution in [3.63, 3.8) is 0 Å². The summed E-state index contributed by atoms with van der Waals surface area (Å²) in [6.07, 6.45) is 1.13. The van der Waals surface area contributed by atoms with Gasteiger partial charge in [-0.05, 0) is 20.8 Å². The molecule has 0 N–H and O–H groups in total. The van der Waals surface area contributed by atoms with E-state index in [9.17, 15) is 0 Å². The lowest BCUT2D eigenvalue weighted by Crippen LogP contribution is -2.25. The van der Waals surface area contributed by atoms with Crippen LogP contribution in [0.1, 0.15) is 27.2 Å². The molecule has 2 atom stereocenters. The Bertz CT molecular complexity index is 125. The molecule has 0 bridgehead atoms. The van der Waals surface area contributed by atoms with E-state index in [1.54, 1.807) is 0 Å². The third kappa shape index (κ3) is 3.52. The average molecular weight is 174 g/mol. The molecule has 0 aliphatic carbocycles. The lowest BCUT2D eigenvalue weighted by Gasteiger charge is -2.20. The minimum atomic E-state index is -0.0810. The molecule has 0 unspecified atom stereocenters. The van der Waals surface area contributed by atoms with Crippen molar-refractivity contribution >= 4 is 0 Å². The summed E-state index contributed by atoms with van der Waals surface area (Å²) >= 11 is 0. The molecule has 0 saturated carbocycles. The molecule has 12 heavy (non-hydrogen) atoms. The van der Waals surface area contributed by atoms with Gasteiger partial charge in [-0.1, -0.05) is 0 Å². The van der Waals surface area contributed by atoms with E-state index < -0.39 is 0 Å². The maximum Gasteiger partial charge on any atom is 0.160 e. The Hall–Kier alpha value is -0.120. The lowest BCUT2D eigenvalue weighted by atomic mass is 10.4. The van der Waals surface area contributed by atoms with Crippen LogP contribution in [0.3, 0.4) is 0 Å². The summed E-state index contributed by atoms with van der Waals surface area (Å²) in [4.78, 5) is 0. The van der Waals surface area contributed by atoms with E-state index in [2.05, 4.69) is 0 Å². The molecule has 1 aliphatic rings. The third-order valence-electron chi connectivity index (χ3n) is 1.66. The summed E-state index contributed by atoms with van der Waals surface area (Å²) in [5.41, 5.74) is 0. The van der Waals surface area contributed by atoms with Crippen molar-refractivity contribution in [3.05, 3.63) is 0 Å². The van der Waals surface area contributed by atoms with E-state index in [4.69, 9.17) is 14.2 Å². The highest BCUT2D eigenvalue weighted by molar-refractivity contribution is 4.57. The van der Waals surface area contributed by atoms with Crippen LogP contribution in [0.15, 0.2) is 0 Å². The van der Waals surface area contributed by atoms with Crippen LogP contribution in [0.25, 0.3) is 0 Å². The molecular formula is C9H18O3. The largest absolute Gasteiger partial charge is 0.379 e. The molecule has 1 heterocycles. The van der Waals surface area contributed by atoms with Crippen molar-refractivity contribution in [1.82, 2.24) is 0 Å². The molecule has 0 amide bonds. The number of hydrogen-bond donors (Lipinski definition) is 0. The number of rotatable bonds is 2. The summed E-state index contributed by atoms with van der Waals surface area (Å²) in [5, 5.41) is 0. The zero-order valence-corrected chi connectivity index (χ0v) is 8.08. The fourth-order valence-corrected chi connectivity index (χ4v) is 1.20. The highest BCUT2D eigenvalue weighted by atomic mass is 16.7. The van der Waals surface area contributed by atoms with Gasteiger partial charge in [-0.2, -0.15) is 0 Å². The van der Waals surface area contributed by atoms with E-state index in [-0.39, 0.29) is 18.5 Å². The van der Waals surface area contributed by atoms with Crippen LogP contribution >= 0.6 is 0 Å². The first kappa shape index (κ1) is 9.96. The molecule has 72 valence electrons. The van der Waals surface area contributed by atoms with Gasteiger partial charge in [-0.3, -0.25) is 0 Å². The lowest BCUT2D eigenvalue weighted by molar-refractivity contribution is -0.179. The summed E-state index contributed by atoms with van der Waals surface area (Å²) in [6.45, 7) is 7.45. The van der Waals surface area contributed by atoms with Crippen LogP contribution in [0, 0.1) is 0 Å². The standard InChI is InChI=1S/C9H18O3/c1-7(2)11-9-4-5-10-6-8(3)12-9/h7-9H,4-6H2,1-3H3/t8-,9+/m1/s1. The summed E-state index contributed by atoms with van der Waals surface area (Å²) in [6, 6.07) is 0. The summed E-state index contributed by atoms with van der Waals surface area (Å²) in [5.74, 6) is 0. The van der Waals surface area contributed by atoms with Crippen molar-refractivity contribution in [2.24, 2.45) is 0 Å². The molecule has 0 aromatic carbocycles. The van der Waals surface area contributed by atoms with Crippen molar-refractivity contribution in [3.8, 4) is 0 Å². The van der Waals surface area contributed by atoms with Gasteiger partial charge in [0.1, 0.15) is 0 Å². The monoisotopic (exact) mass is 174 g/mol. The quantitative estimate of drug-likeness (QED) is 0.636. The second-order valence-corrected chi connectivity index (χ2v) is 3.42. The first-order valence-corrected chi connectivity index (χ1v) is 4.57. The van der Waals surface area contributed by atoms with Crippen LogP contribution in [0.2, 0.25) is 0 Å². The predicted molar refractivity (Wildman–Crippen MR) is 46.0 cm³/mol. The van der Waals surface area contributed by atoms with Crippen molar-refractivity contribution in [2.75, 3.05) is 13.2 Å². The number of ether oxygens (including phenoxy) is 3. The first-order valence-electron chi connectivity index (χ1n) is 4.57. The van der Waals surface area contributed by atoms with Gasteiger partial charge in [0, 0.05) is 6.42 Å². The zero-order chi connectivity index (χ0) is 8.97. The molecule has 3 heteroatoms.